The fraction of sp³-hybridized carbons (Fsp3) is 0.706. The Morgan fingerprint density at radius 3 is 2.74 bits per heavy atom. The van der Waals surface area contributed by atoms with Crippen molar-refractivity contribution in [1.29, 1.82) is 0 Å². The van der Waals surface area contributed by atoms with Crippen LogP contribution in [0, 0.1) is 0 Å². The van der Waals surface area contributed by atoms with Gasteiger partial charge in [-0.15, -0.1) is 0 Å². The Balaban J connectivity index is 1.62. The summed E-state index contributed by atoms with van der Waals surface area (Å²) in [5.74, 6) is 0.0438. The first-order valence-corrected chi connectivity index (χ1v) is 9.60. The van der Waals surface area contributed by atoms with E-state index in [0.29, 0.717) is 11.2 Å². The zero-order valence-electron chi connectivity index (χ0n) is 13.7. The highest BCUT2D eigenvalue weighted by Gasteiger charge is 2.22. The molecular weight excluding hydrogens is 310 g/mol. The first-order chi connectivity index (χ1) is 11.1. The van der Waals surface area contributed by atoms with Crippen LogP contribution < -0.4 is 10.9 Å². The summed E-state index contributed by atoms with van der Waals surface area (Å²) in [7, 11) is 0. The van der Waals surface area contributed by atoms with Crippen molar-refractivity contribution in [2.75, 3.05) is 0 Å². The maximum absolute atomic E-state index is 12.3. The van der Waals surface area contributed by atoms with Gasteiger partial charge in [0, 0.05) is 11.6 Å². The zero-order valence-corrected chi connectivity index (χ0v) is 14.5. The average Bonchev–Trinajstić information content (AvgIpc) is 2.56. The number of aryl methyl sites for hydroxylation is 1. The van der Waals surface area contributed by atoms with E-state index in [0.717, 1.165) is 49.8 Å². The van der Waals surface area contributed by atoms with Crippen molar-refractivity contribution < 1.29 is 4.79 Å². The van der Waals surface area contributed by atoms with E-state index in [2.05, 4.69) is 15.3 Å². The molecule has 126 valence electrons. The predicted molar refractivity (Wildman–Crippen MR) is 91.8 cm³/mol. The molecule has 0 aromatic carbocycles. The van der Waals surface area contributed by atoms with Gasteiger partial charge in [-0.25, -0.2) is 4.98 Å². The highest BCUT2D eigenvalue weighted by Crippen LogP contribution is 2.23. The molecule has 1 unspecified atom stereocenters. The number of H-pyrrole nitrogens is 1. The molecule has 1 aromatic heterocycles. The number of nitrogens with one attached hydrogen (secondary N) is 2. The SMILES string of the molecule is CC(Sc1nc2c(c(=O)[nH]1)CCCC2)C(=O)NC1CCCCC1. The van der Waals surface area contributed by atoms with Crippen LogP contribution in [0.25, 0.3) is 0 Å². The summed E-state index contributed by atoms with van der Waals surface area (Å²) >= 11 is 1.35. The van der Waals surface area contributed by atoms with Crippen LogP contribution >= 0.6 is 11.8 Å². The van der Waals surface area contributed by atoms with Gasteiger partial charge in [0.25, 0.3) is 5.56 Å². The third kappa shape index (κ3) is 4.16. The Kier molecular flexibility index (Phi) is 5.41. The minimum absolute atomic E-state index is 0.0305. The van der Waals surface area contributed by atoms with Gasteiger partial charge in [-0.2, -0.15) is 0 Å². The maximum atomic E-state index is 12.3. The molecule has 1 saturated carbocycles. The van der Waals surface area contributed by atoms with Crippen molar-refractivity contribution in [1.82, 2.24) is 15.3 Å². The van der Waals surface area contributed by atoms with Gasteiger partial charge in [0.1, 0.15) is 0 Å². The Bertz CT molecular complexity index is 623. The number of nitrogens with zero attached hydrogens (tertiary/aromatic N) is 1. The summed E-state index contributed by atoms with van der Waals surface area (Å²) in [6, 6.07) is 0.315. The van der Waals surface area contributed by atoms with Gasteiger partial charge in [0.15, 0.2) is 5.16 Å². The number of hydrogen-bond acceptors (Lipinski definition) is 4. The lowest BCUT2D eigenvalue weighted by molar-refractivity contribution is -0.121. The van der Waals surface area contributed by atoms with Crippen molar-refractivity contribution in [2.24, 2.45) is 0 Å². The maximum Gasteiger partial charge on any atom is 0.254 e. The average molecular weight is 335 g/mol. The van der Waals surface area contributed by atoms with Crippen molar-refractivity contribution in [2.45, 2.75) is 81.2 Å². The monoisotopic (exact) mass is 335 g/mol. The van der Waals surface area contributed by atoms with Crippen LogP contribution in [0.3, 0.4) is 0 Å². The summed E-state index contributed by atoms with van der Waals surface area (Å²) in [4.78, 5) is 31.9. The molecule has 2 N–H and O–H groups in total. The molecule has 2 aliphatic carbocycles. The molecule has 0 aliphatic heterocycles. The van der Waals surface area contributed by atoms with E-state index in [9.17, 15) is 9.59 Å². The number of fused-ring (bicyclic) bond motifs is 1. The second-order valence-corrected chi connectivity index (χ2v) is 7.94. The summed E-state index contributed by atoms with van der Waals surface area (Å²) in [5.41, 5.74) is 1.72. The van der Waals surface area contributed by atoms with Crippen molar-refractivity contribution in [3.8, 4) is 0 Å². The van der Waals surface area contributed by atoms with E-state index in [-0.39, 0.29) is 16.7 Å². The van der Waals surface area contributed by atoms with Gasteiger partial charge in [-0.3, -0.25) is 9.59 Å². The number of carbonyl (C=O) groups excluding carboxylic acids is 1. The highest BCUT2D eigenvalue weighted by atomic mass is 32.2. The Morgan fingerprint density at radius 1 is 1.22 bits per heavy atom. The van der Waals surface area contributed by atoms with Crippen molar-refractivity contribution in [3.05, 3.63) is 21.6 Å². The summed E-state index contributed by atoms with van der Waals surface area (Å²) in [6.45, 7) is 1.88. The molecule has 5 nitrogen and oxygen atoms in total. The quantitative estimate of drug-likeness (QED) is 0.655. The minimum Gasteiger partial charge on any atom is -0.352 e. The van der Waals surface area contributed by atoms with Gasteiger partial charge in [-0.05, 0) is 45.4 Å². The van der Waals surface area contributed by atoms with Crippen LogP contribution in [0.5, 0.6) is 0 Å². The molecule has 0 bridgehead atoms. The molecule has 0 radical (unpaired) electrons. The van der Waals surface area contributed by atoms with E-state index in [1.807, 2.05) is 6.92 Å². The molecule has 6 heteroatoms. The molecule has 1 aromatic rings. The fourth-order valence-corrected chi connectivity index (χ4v) is 4.25. The number of carbonyl (C=O) groups is 1. The molecule has 1 amide bonds. The van der Waals surface area contributed by atoms with Crippen LogP contribution in [-0.2, 0) is 17.6 Å². The third-order valence-electron chi connectivity index (χ3n) is 4.78. The fourth-order valence-electron chi connectivity index (χ4n) is 3.42. The molecule has 0 spiro atoms. The number of rotatable bonds is 4. The van der Waals surface area contributed by atoms with Crippen LogP contribution in [-0.4, -0.2) is 27.2 Å². The van der Waals surface area contributed by atoms with Crippen LogP contribution in [0.4, 0.5) is 0 Å². The Labute approximate surface area is 141 Å². The van der Waals surface area contributed by atoms with E-state index in [1.165, 1.54) is 31.0 Å². The predicted octanol–water partition coefficient (Wildman–Crippen LogP) is 2.58. The second kappa shape index (κ2) is 7.51. The molecule has 1 atom stereocenters. The summed E-state index contributed by atoms with van der Waals surface area (Å²) < 4.78 is 0. The summed E-state index contributed by atoms with van der Waals surface area (Å²) in [5, 5.41) is 3.46. The van der Waals surface area contributed by atoms with E-state index in [4.69, 9.17) is 0 Å². The molecule has 3 rings (SSSR count). The van der Waals surface area contributed by atoms with Gasteiger partial charge in [-0.1, -0.05) is 31.0 Å². The molecule has 0 saturated heterocycles. The van der Waals surface area contributed by atoms with Gasteiger partial charge >= 0.3 is 0 Å². The van der Waals surface area contributed by atoms with Gasteiger partial charge < -0.3 is 10.3 Å². The first kappa shape index (κ1) is 16.6. The topological polar surface area (TPSA) is 74.8 Å². The Morgan fingerprint density at radius 2 is 1.96 bits per heavy atom. The lowest BCUT2D eigenvalue weighted by Crippen LogP contribution is -2.40. The van der Waals surface area contributed by atoms with Crippen molar-refractivity contribution in [3.63, 3.8) is 0 Å². The molecule has 23 heavy (non-hydrogen) atoms. The van der Waals surface area contributed by atoms with Gasteiger partial charge in [0.2, 0.25) is 5.91 Å². The number of aromatic amines is 1. The smallest absolute Gasteiger partial charge is 0.254 e. The van der Waals surface area contributed by atoms with Crippen LogP contribution in [0.1, 0.15) is 63.1 Å². The number of aromatic nitrogens is 2. The zero-order chi connectivity index (χ0) is 16.2. The molecule has 2 aliphatic rings. The molecule has 1 fully saturated rings. The van der Waals surface area contributed by atoms with E-state index < -0.39 is 0 Å². The van der Waals surface area contributed by atoms with Crippen LogP contribution in [0.15, 0.2) is 9.95 Å². The lowest BCUT2D eigenvalue weighted by Gasteiger charge is -2.24. The second-order valence-electron chi connectivity index (χ2n) is 6.61. The largest absolute Gasteiger partial charge is 0.352 e. The van der Waals surface area contributed by atoms with Gasteiger partial charge in [0.05, 0.1) is 10.9 Å². The van der Waals surface area contributed by atoms with E-state index >= 15 is 0 Å². The minimum atomic E-state index is -0.248. The number of hydrogen-bond donors (Lipinski definition) is 2. The Hall–Kier alpha value is -1.30. The lowest BCUT2D eigenvalue weighted by atomic mass is 9.95. The highest BCUT2D eigenvalue weighted by molar-refractivity contribution is 8.00. The van der Waals surface area contributed by atoms with E-state index in [1.54, 1.807) is 0 Å². The summed E-state index contributed by atoms with van der Waals surface area (Å²) in [6.07, 6.45) is 9.68. The molecule has 1 heterocycles. The number of amides is 1. The third-order valence-corrected chi connectivity index (χ3v) is 5.76. The number of thioether (sulfide) groups is 1. The van der Waals surface area contributed by atoms with Crippen molar-refractivity contribution >= 4 is 17.7 Å². The standard InChI is InChI=1S/C17H25N3O2S/c1-11(15(21)18-12-7-3-2-4-8-12)23-17-19-14-10-6-5-9-13(14)16(22)20-17/h11-12H,2-10H2,1H3,(H,18,21)(H,19,20,22). The molecular formula is C17H25N3O2S. The van der Waals surface area contributed by atoms with Crippen LogP contribution in [0.2, 0.25) is 0 Å². The first-order valence-electron chi connectivity index (χ1n) is 8.72. The normalized spacial score (nSPS) is 19.9.